The van der Waals surface area contributed by atoms with Crippen LogP contribution in [0, 0.1) is 13.8 Å². The van der Waals surface area contributed by atoms with Gasteiger partial charge in [0.05, 0.1) is 29.1 Å². The van der Waals surface area contributed by atoms with Crippen molar-refractivity contribution in [1.82, 2.24) is 4.98 Å². The van der Waals surface area contributed by atoms with Gasteiger partial charge >= 0.3 is 11.9 Å². The Morgan fingerprint density at radius 1 is 0.931 bits per heavy atom. The fourth-order valence-electron chi connectivity index (χ4n) is 2.91. The summed E-state index contributed by atoms with van der Waals surface area (Å²) in [6, 6.07) is 5.89. The minimum atomic E-state index is -3.18. The molecule has 9 heteroatoms. The lowest BCUT2D eigenvalue weighted by molar-refractivity contribution is 0.0472. The molecular weight excluding hydrogens is 398 g/mol. The molecule has 0 saturated carbocycles. The molecule has 2 rings (SSSR count). The number of Topliss-reactive ketones (excluding diaryl/α,β-unsaturated/α-hetero) is 1. The Kier molecular flexibility index (Phi) is 6.97. The van der Waals surface area contributed by atoms with Crippen LogP contribution in [0.25, 0.3) is 0 Å². The maximum absolute atomic E-state index is 12.6. The Morgan fingerprint density at radius 2 is 1.52 bits per heavy atom. The van der Waals surface area contributed by atoms with Crippen LogP contribution in [0.15, 0.2) is 24.3 Å². The highest BCUT2D eigenvalue weighted by Gasteiger charge is 2.26. The summed E-state index contributed by atoms with van der Waals surface area (Å²) in [4.78, 5) is 39.9. The average Bonchev–Trinajstić information content (AvgIpc) is 2.93. The summed E-state index contributed by atoms with van der Waals surface area (Å²) < 4.78 is 32.7. The molecule has 0 radical (unpaired) electrons. The fraction of sp³-hybridized carbons (Fsp3) is 0.350. The topological polar surface area (TPSA) is 120 Å². The van der Waals surface area contributed by atoms with Gasteiger partial charge in [0, 0.05) is 17.6 Å². The lowest BCUT2D eigenvalue weighted by Crippen LogP contribution is -2.18. The van der Waals surface area contributed by atoms with Crippen molar-refractivity contribution in [3.63, 3.8) is 0 Å². The Balaban J connectivity index is 2.09. The molecule has 0 bridgehead atoms. The number of carbonyl (C=O) groups is 3. The second kappa shape index (κ2) is 9.04. The lowest BCUT2D eigenvalue weighted by atomic mass is 10.1. The second-order valence-corrected chi connectivity index (χ2v) is 8.75. The molecule has 0 aliphatic rings. The van der Waals surface area contributed by atoms with Crippen molar-refractivity contribution >= 4 is 27.6 Å². The number of rotatable bonds is 8. The zero-order valence-corrected chi connectivity index (χ0v) is 17.5. The van der Waals surface area contributed by atoms with Crippen molar-refractivity contribution in [3.05, 3.63) is 57.9 Å². The van der Waals surface area contributed by atoms with E-state index in [1.807, 2.05) is 0 Å². The first-order valence-corrected chi connectivity index (χ1v) is 10.9. The molecule has 1 N–H and O–H groups in total. The quantitative estimate of drug-likeness (QED) is 0.513. The first-order chi connectivity index (χ1) is 13.5. The summed E-state index contributed by atoms with van der Waals surface area (Å²) in [5, 5.41) is 0. The number of benzene rings is 1. The Labute approximate surface area is 169 Å². The summed E-state index contributed by atoms with van der Waals surface area (Å²) in [6.07, 6.45) is 1.12. The zero-order chi connectivity index (χ0) is 21.8. The molecule has 0 aliphatic heterocycles. The number of nitrogens with one attached hydrogen (secondary N) is 1. The van der Waals surface area contributed by atoms with Gasteiger partial charge in [0.15, 0.2) is 16.4 Å². The number of carbonyl (C=O) groups excluding carboxylic acids is 3. The number of aromatic nitrogens is 1. The van der Waals surface area contributed by atoms with Crippen LogP contribution >= 0.6 is 0 Å². The van der Waals surface area contributed by atoms with Gasteiger partial charge in [-0.25, -0.2) is 18.0 Å². The van der Waals surface area contributed by atoms with Crippen LogP contribution in [-0.2, 0) is 25.1 Å². The number of aryl methyl sites for hydroxylation is 2. The van der Waals surface area contributed by atoms with Gasteiger partial charge in [0.2, 0.25) is 5.78 Å². The van der Waals surface area contributed by atoms with E-state index in [2.05, 4.69) is 4.98 Å². The molecule has 1 aromatic heterocycles. The van der Waals surface area contributed by atoms with Gasteiger partial charge in [-0.3, -0.25) is 4.79 Å². The Morgan fingerprint density at radius 3 is 2.07 bits per heavy atom. The van der Waals surface area contributed by atoms with E-state index in [9.17, 15) is 22.8 Å². The fourth-order valence-corrected chi connectivity index (χ4v) is 3.71. The molecule has 0 unspecified atom stereocenters. The smallest absolute Gasteiger partial charge is 0.340 e. The number of ketones is 1. The van der Waals surface area contributed by atoms with Gasteiger partial charge in [-0.2, -0.15) is 0 Å². The largest absolute Gasteiger partial charge is 0.462 e. The van der Waals surface area contributed by atoms with Crippen LogP contribution in [0.4, 0.5) is 0 Å². The summed E-state index contributed by atoms with van der Waals surface area (Å²) in [5.41, 5.74) is 1.97. The molecule has 0 amide bonds. The number of sulfone groups is 1. The summed E-state index contributed by atoms with van der Waals surface area (Å²) in [6.45, 7) is 4.58. The number of hydrogen-bond acceptors (Lipinski definition) is 7. The molecule has 8 nitrogen and oxygen atoms in total. The van der Waals surface area contributed by atoms with E-state index in [0.29, 0.717) is 17.0 Å². The SMILES string of the molecule is CCOC(=O)c1c(C)[nH]c(C)c1C(=O)COC(=O)c1ccc(CS(C)(=O)=O)cc1. The standard InChI is InChI=1S/C20H23NO7S/c1-5-27-20(24)18-13(3)21-12(2)17(18)16(22)10-28-19(23)15-8-6-14(7-9-15)11-29(4,25)26/h6-9,21H,5,10-11H2,1-4H3. The second-order valence-electron chi connectivity index (χ2n) is 6.61. The van der Waals surface area contributed by atoms with Crippen LogP contribution < -0.4 is 0 Å². The van der Waals surface area contributed by atoms with Gasteiger partial charge in [-0.15, -0.1) is 0 Å². The van der Waals surface area contributed by atoms with Crippen LogP contribution in [0.3, 0.4) is 0 Å². The van der Waals surface area contributed by atoms with E-state index in [-0.39, 0.29) is 29.1 Å². The lowest BCUT2D eigenvalue weighted by Gasteiger charge is -2.07. The monoisotopic (exact) mass is 421 g/mol. The highest BCUT2D eigenvalue weighted by Crippen LogP contribution is 2.20. The Hall–Kier alpha value is -2.94. The predicted octanol–water partition coefficient (Wildman–Crippen LogP) is 2.39. The summed E-state index contributed by atoms with van der Waals surface area (Å²) in [5.74, 6) is -2.02. The third-order valence-electron chi connectivity index (χ3n) is 4.09. The minimum Gasteiger partial charge on any atom is -0.462 e. The normalized spacial score (nSPS) is 11.2. The van der Waals surface area contributed by atoms with E-state index < -0.39 is 34.2 Å². The number of hydrogen-bond donors (Lipinski definition) is 1. The van der Waals surface area contributed by atoms with Gasteiger partial charge in [0.1, 0.15) is 0 Å². The number of ether oxygens (including phenoxy) is 2. The number of aromatic amines is 1. The molecule has 0 aliphatic carbocycles. The first-order valence-electron chi connectivity index (χ1n) is 8.86. The van der Waals surface area contributed by atoms with Gasteiger partial charge in [-0.1, -0.05) is 12.1 Å². The highest BCUT2D eigenvalue weighted by molar-refractivity contribution is 7.89. The average molecular weight is 421 g/mol. The van der Waals surface area contributed by atoms with Gasteiger partial charge < -0.3 is 14.5 Å². The zero-order valence-electron chi connectivity index (χ0n) is 16.7. The van der Waals surface area contributed by atoms with Crippen LogP contribution in [0.1, 0.15) is 54.9 Å². The minimum absolute atomic E-state index is 0.135. The molecule has 1 aromatic carbocycles. The summed E-state index contributed by atoms with van der Waals surface area (Å²) in [7, 11) is -3.18. The van der Waals surface area contributed by atoms with Crippen molar-refractivity contribution < 1.29 is 32.3 Å². The Bertz CT molecular complexity index is 1030. The summed E-state index contributed by atoms with van der Waals surface area (Å²) >= 11 is 0. The number of esters is 2. The molecule has 1 heterocycles. The first kappa shape index (κ1) is 22.4. The van der Waals surface area contributed by atoms with E-state index in [4.69, 9.17) is 9.47 Å². The predicted molar refractivity (Wildman–Crippen MR) is 106 cm³/mol. The molecule has 156 valence electrons. The molecule has 29 heavy (non-hydrogen) atoms. The van der Waals surface area contributed by atoms with Crippen molar-refractivity contribution in [2.24, 2.45) is 0 Å². The van der Waals surface area contributed by atoms with E-state index in [1.165, 1.54) is 24.3 Å². The maximum Gasteiger partial charge on any atom is 0.340 e. The molecule has 0 saturated heterocycles. The van der Waals surface area contributed by atoms with E-state index in [0.717, 1.165) is 6.26 Å². The van der Waals surface area contributed by atoms with Gasteiger partial charge in [-0.05, 0) is 38.5 Å². The molecule has 0 atom stereocenters. The molecule has 0 spiro atoms. The van der Waals surface area contributed by atoms with E-state index >= 15 is 0 Å². The van der Waals surface area contributed by atoms with Gasteiger partial charge in [0.25, 0.3) is 0 Å². The van der Waals surface area contributed by atoms with Crippen molar-refractivity contribution in [2.75, 3.05) is 19.5 Å². The van der Waals surface area contributed by atoms with Crippen LogP contribution in [0.5, 0.6) is 0 Å². The van der Waals surface area contributed by atoms with Crippen molar-refractivity contribution in [3.8, 4) is 0 Å². The third kappa shape index (κ3) is 5.77. The number of H-pyrrole nitrogens is 1. The van der Waals surface area contributed by atoms with Crippen molar-refractivity contribution in [1.29, 1.82) is 0 Å². The molecule has 2 aromatic rings. The van der Waals surface area contributed by atoms with Crippen LogP contribution in [-0.4, -0.2) is 50.6 Å². The molecular formula is C20H23NO7S. The highest BCUT2D eigenvalue weighted by atomic mass is 32.2. The third-order valence-corrected chi connectivity index (χ3v) is 4.94. The molecule has 0 fully saturated rings. The van der Waals surface area contributed by atoms with E-state index in [1.54, 1.807) is 20.8 Å². The van der Waals surface area contributed by atoms with Crippen molar-refractivity contribution in [2.45, 2.75) is 26.5 Å². The maximum atomic E-state index is 12.6. The van der Waals surface area contributed by atoms with Crippen LogP contribution in [0.2, 0.25) is 0 Å².